The molecule has 2 aromatic carbocycles. The maximum absolute atomic E-state index is 13.0. The van der Waals surface area contributed by atoms with Crippen molar-refractivity contribution in [2.45, 2.75) is 25.6 Å². The number of carbonyl (C=O) groups excluding carboxylic acids is 2. The van der Waals surface area contributed by atoms with Gasteiger partial charge >= 0.3 is 0 Å². The molecule has 2 aromatic rings. The van der Waals surface area contributed by atoms with Crippen LogP contribution in [0, 0.1) is 0 Å². The predicted octanol–water partition coefficient (Wildman–Crippen LogP) is 3.09. The number of ether oxygens (including phenoxy) is 1. The molecule has 0 aromatic heterocycles. The smallest absolute Gasteiger partial charge is 0.255 e. The minimum absolute atomic E-state index is 0.0656. The van der Waals surface area contributed by atoms with Gasteiger partial charge in [0.05, 0.1) is 7.11 Å². The summed E-state index contributed by atoms with van der Waals surface area (Å²) in [6.45, 7) is 0.851. The molecule has 3 rings (SSSR count). The Morgan fingerprint density at radius 1 is 1.22 bits per heavy atom. The van der Waals surface area contributed by atoms with Crippen LogP contribution < -0.4 is 10.1 Å². The Kier molecular flexibility index (Phi) is 6.40. The highest BCUT2D eigenvalue weighted by Gasteiger charge is 2.35. The lowest BCUT2D eigenvalue weighted by Crippen LogP contribution is -2.47. The van der Waals surface area contributed by atoms with Gasteiger partial charge in [-0.05, 0) is 36.1 Å². The Hall–Kier alpha value is -2.47. The van der Waals surface area contributed by atoms with Crippen molar-refractivity contribution in [2.24, 2.45) is 0 Å². The quantitative estimate of drug-likeness (QED) is 0.760. The van der Waals surface area contributed by atoms with Crippen molar-refractivity contribution in [3.05, 3.63) is 65.2 Å². The minimum Gasteiger partial charge on any atom is -0.496 e. The van der Waals surface area contributed by atoms with Gasteiger partial charge in [0.25, 0.3) is 5.91 Å². The van der Waals surface area contributed by atoms with Crippen molar-refractivity contribution in [3.8, 4) is 5.75 Å². The van der Waals surface area contributed by atoms with E-state index in [4.69, 9.17) is 4.74 Å². The summed E-state index contributed by atoms with van der Waals surface area (Å²) >= 11 is 1.67. The maximum atomic E-state index is 13.0. The monoisotopic (exact) mass is 384 g/mol. The van der Waals surface area contributed by atoms with Crippen LogP contribution in [0.25, 0.3) is 0 Å². The molecule has 0 bridgehead atoms. The Morgan fingerprint density at radius 3 is 2.70 bits per heavy atom. The largest absolute Gasteiger partial charge is 0.496 e. The highest BCUT2D eigenvalue weighted by atomic mass is 32.2. The summed E-state index contributed by atoms with van der Waals surface area (Å²) in [6.07, 6.45) is 2.63. The highest BCUT2D eigenvalue weighted by Crippen LogP contribution is 2.26. The Bertz CT molecular complexity index is 825. The standard InChI is InChI=1S/C21H24N2O3S/c1-26-19-10-6-4-7-15(19)13-22-20(24)18(11-12-27-2)23-14-16-8-3-5-9-17(16)21(23)25/h3-10,18H,11-14H2,1-2H3,(H,22,24)/t18-/m0/s1. The SMILES string of the molecule is COc1ccccc1CNC(=O)[C@H](CCSC)N1Cc2ccccc2C1=O. The second-order valence-electron chi connectivity index (χ2n) is 6.42. The molecule has 2 amide bonds. The molecule has 0 saturated carbocycles. The number of thioether (sulfide) groups is 1. The number of para-hydroxylation sites is 1. The fourth-order valence-corrected chi connectivity index (χ4v) is 3.79. The first-order valence-electron chi connectivity index (χ1n) is 8.93. The number of methoxy groups -OCH3 is 1. The lowest BCUT2D eigenvalue weighted by Gasteiger charge is -2.27. The average molecular weight is 385 g/mol. The molecule has 142 valence electrons. The van der Waals surface area contributed by atoms with Crippen LogP contribution in [0.5, 0.6) is 5.75 Å². The molecule has 0 spiro atoms. The van der Waals surface area contributed by atoms with E-state index in [-0.39, 0.29) is 11.8 Å². The molecule has 5 nitrogen and oxygen atoms in total. The van der Waals surface area contributed by atoms with Crippen LogP contribution in [-0.4, -0.2) is 41.9 Å². The number of amides is 2. The van der Waals surface area contributed by atoms with E-state index >= 15 is 0 Å². The van der Waals surface area contributed by atoms with E-state index in [2.05, 4.69) is 5.32 Å². The Balaban J connectivity index is 1.73. The second kappa shape index (κ2) is 8.95. The van der Waals surface area contributed by atoms with Crippen molar-refractivity contribution < 1.29 is 14.3 Å². The fraction of sp³-hybridized carbons (Fsp3) is 0.333. The van der Waals surface area contributed by atoms with Crippen LogP contribution in [0.3, 0.4) is 0 Å². The molecule has 1 aliphatic rings. The molecule has 1 atom stereocenters. The third-order valence-electron chi connectivity index (χ3n) is 4.77. The lowest BCUT2D eigenvalue weighted by molar-refractivity contribution is -0.126. The molecule has 1 N–H and O–H groups in total. The Morgan fingerprint density at radius 2 is 1.96 bits per heavy atom. The molecule has 0 aliphatic carbocycles. The number of nitrogens with zero attached hydrogens (tertiary/aromatic N) is 1. The first-order chi connectivity index (χ1) is 13.2. The zero-order chi connectivity index (χ0) is 19.2. The van der Waals surface area contributed by atoms with Gasteiger partial charge in [0, 0.05) is 24.2 Å². The number of fused-ring (bicyclic) bond motifs is 1. The number of rotatable bonds is 8. The average Bonchev–Trinajstić information content (AvgIpc) is 3.03. The molecule has 0 saturated heterocycles. The zero-order valence-corrected chi connectivity index (χ0v) is 16.4. The van der Waals surface area contributed by atoms with Gasteiger partial charge < -0.3 is 15.0 Å². The fourth-order valence-electron chi connectivity index (χ4n) is 3.34. The van der Waals surface area contributed by atoms with Gasteiger partial charge in [-0.25, -0.2) is 0 Å². The van der Waals surface area contributed by atoms with E-state index in [0.29, 0.717) is 25.1 Å². The Labute approximate surface area is 164 Å². The van der Waals surface area contributed by atoms with Crippen LogP contribution in [0.2, 0.25) is 0 Å². The van der Waals surface area contributed by atoms with E-state index in [9.17, 15) is 9.59 Å². The van der Waals surface area contributed by atoms with E-state index < -0.39 is 6.04 Å². The molecule has 1 heterocycles. The van der Waals surface area contributed by atoms with Gasteiger partial charge in [-0.15, -0.1) is 0 Å². The number of hydrogen-bond acceptors (Lipinski definition) is 4. The summed E-state index contributed by atoms with van der Waals surface area (Å²) in [5, 5.41) is 2.98. The molecule has 0 radical (unpaired) electrons. The number of benzene rings is 2. The molecule has 1 aliphatic heterocycles. The van der Waals surface area contributed by atoms with E-state index in [1.807, 2.05) is 54.8 Å². The second-order valence-corrected chi connectivity index (χ2v) is 7.40. The highest BCUT2D eigenvalue weighted by molar-refractivity contribution is 7.98. The van der Waals surface area contributed by atoms with E-state index in [1.54, 1.807) is 23.8 Å². The van der Waals surface area contributed by atoms with E-state index in [0.717, 1.165) is 22.6 Å². The van der Waals surface area contributed by atoms with Gasteiger partial charge in [0.1, 0.15) is 11.8 Å². The third kappa shape index (κ3) is 4.27. The predicted molar refractivity (Wildman–Crippen MR) is 108 cm³/mol. The summed E-state index contributed by atoms with van der Waals surface area (Å²) in [5.41, 5.74) is 2.59. The number of nitrogens with one attached hydrogen (secondary N) is 1. The van der Waals surface area contributed by atoms with Crippen LogP contribution in [0.1, 0.15) is 27.9 Å². The van der Waals surface area contributed by atoms with Crippen LogP contribution >= 0.6 is 11.8 Å². The molecule has 6 heteroatoms. The normalized spacial score (nSPS) is 14.0. The molecule has 0 unspecified atom stereocenters. The minimum atomic E-state index is -0.480. The van der Waals surface area contributed by atoms with Crippen molar-refractivity contribution in [3.63, 3.8) is 0 Å². The van der Waals surface area contributed by atoms with Gasteiger partial charge in [0.2, 0.25) is 5.91 Å². The summed E-state index contributed by atoms with van der Waals surface area (Å²) in [7, 11) is 1.61. The van der Waals surface area contributed by atoms with Gasteiger partial charge in [-0.1, -0.05) is 36.4 Å². The van der Waals surface area contributed by atoms with Gasteiger partial charge in [0.15, 0.2) is 0 Å². The van der Waals surface area contributed by atoms with Crippen molar-refractivity contribution in [1.82, 2.24) is 10.2 Å². The summed E-state index contributed by atoms with van der Waals surface area (Å²) in [6, 6.07) is 14.7. The van der Waals surface area contributed by atoms with Crippen molar-refractivity contribution >= 4 is 23.6 Å². The summed E-state index contributed by atoms with van der Waals surface area (Å²) in [4.78, 5) is 27.4. The van der Waals surface area contributed by atoms with Crippen LogP contribution in [0.4, 0.5) is 0 Å². The van der Waals surface area contributed by atoms with Crippen molar-refractivity contribution in [1.29, 1.82) is 0 Å². The molecule has 0 fully saturated rings. The van der Waals surface area contributed by atoms with Gasteiger partial charge in [-0.3, -0.25) is 9.59 Å². The molecule has 27 heavy (non-hydrogen) atoms. The summed E-state index contributed by atoms with van der Waals surface area (Å²) in [5.74, 6) is 1.36. The van der Waals surface area contributed by atoms with E-state index in [1.165, 1.54) is 0 Å². The van der Waals surface area contributed by atoms with Crippen molar-refractivity contribution in [2.75, 3.05) is 19.1 Å². The molecular formula is C21H24N2O3S. The topological polar surface area (TPSA) is 58.6 Å². The van der Waals surface area contributed by atoms with Gasteiger partial charge in [-0.2, -0.15) is 11.8 Å². The first kappa shape index (κ1) is 19.3. The van der Waals surface area contributed by atoms with Crippen LogP contribution in [0.15, 0.2) is 48.5 Å². The summed E-state index contributed by atoms with van der Waals surface area (Å²) < 4.78 is 5.34. The maximum Gasteiger partial charge on any atom is 0.255 e. The number of hydrogen-bond donors (Lipinski definition) is 1. The molecular weight excluding hydrogens is 360 g/mol. The van der Waals surface area contributed by atoms with Crippen LogP contribution in [-0.2, 0) is 17.9 Å². The lowest BCUT2D eigenvalue weighted by atomic mass is 10.1. The first-order valence-corrected chi connectivity index (χ1v) is 10.3. The zero-order valence-electron chi connectivity index (χ0n) is 15.6. The third-order valence-corrected chi connectivity index (χ3v) is 5.41. The number of carbonyl (C=O) groups is 2.